The topological polar surface area (TPSA) is 73.8 Å². The fourth-order valence-corrected chi connectivity index (χ4v) is 6.39. The van der Waals surface area contributed by atoms with Crippen molar-refractivity contribution in [3.8, 4) is 11.3 Å². The Balaban J connectivity index is 1.55. The van der Waals surface area contributed by atoms with Crippen molar-refractivity contribution in [1.82, 2.24) is 4.57 Å². The molecule has 0 radical (unpaired) electrons. The highest BCUT2D eigenvalue weighted by molar-refractivity contribution is 7.98. The summed E-state index contributed by atoms with van der Waals surface area (Å²) in [7, 11) is 0. The highest BCUT2D eigenvalue weighted by atomic mass is 35.5. The van der Waals surface area contributed by atoms with Gasteiger partial charge in [0.05, 0.1) is 28.5 Å². The van der Waals surface area contributed by atoms with Crippen LogP contribution in [0.1, 0.15) is 29.9 Å². The molecule has 1 aliphatic heterocycles. The van der Waals surface area contributed by atoms with Gasteiger partial charge < -0.3 is 9.15 Å². The number of thioether (sulfide) groups is 1. The number of ether oxygens (including phenoxy) is 1. The molecule has 2 aromatic heterocycles. The zero-order valence-corrected chi connectivity index (χ0v) is 25.1. The van der Waals surface area contributed by atoms with E-state index in [2.05, 4.69) is 0 Å². The van der Waals surface area contributed by atoms with E-state index in [0.29, 0.717) is 37.1 Å². The predicted molar refractivity (Wildman–Crippen MR) is 168 cm³/mol. The number of thiazole rings is 1. The fourth-order valence-electron chi connectivity index (χ4n) is 4.87. The molecule has 3 aromatic carbocycles. The van der Waals surface area contributed by atoms with Gasteiger partial charge in [-0.05, 0) is 67.3 Å². The molecule has 6 nitrogen and oxygen atoms in total. The molecule has 0 spiro atoms. The molecule has 210 valence electrons. The van der Waals surface area contributed by atoms with Gasteiger partial charge in [-0.3, -0.25) is 9.36 Å². The van der Waals surface area contributed by atoms with Gasteiger partial charge in [-0.2, -0.15) is 0 Å². The summed E-state index contributed by atoms with van der Waals surface area (Å²) in [5.74, 6) is 0.680. The van der Waals surface area contributed by atoms with Crippen LogP contribution in [0.25, 0.3) is 23.1 Å². The molecule has 3 heterocycles. The summed E-state index contributed by atoms with van der Waals surface area (Å²) in [5.41, 5.74) is 2.97. The molecule has 0 saturated heterocycles. The van der Waals surface area contributed by atoms with E-state index in [1.165, 1.54) is 11.3 Å². The van der Waals surface area contributed by atoms with Crippen LogP contribution in [0.3, 0.4) is 0 Å². The van der Waals surface area contributed by atoms with Gasteiger partial charge in [-0.1, -0.05) is 65.4 Å². The molecule has 0 fully saturated rings. The van der Waals surface area contributed by atoms with Gasteiger partial charge in [0.15, 0.2) is 4.80 Å². The first-order valence-electron chi connectivity index (χ1n) is 13.2. The van der Waals surface area contributed by atoms with Crippen LogP contribution in [0.5, 0.6) is 0 Å². The van der Waals surface area contributed by atoms with Crippen molar-refractivity contribution in [2.75, 3.05) is 12.9 Å². The Morgan fingerprint density at radius 1 is 1.02 bits per heavy atom. The van der Waals surface area contributed by atoms with Crippen LogP contribution in [-0.4, -0.2) is 23.4 Å². The van der Waals surface area contributed by atoms with Crippen molar-refractivity contribution in [2.24, 2.45) is 4.99 Å². The van der Waals surface area contributed by atoms with Gasteiger partial charge in [-0.25, -0.2) is 9.79 Å². The van der Waals surface area contributed by atoms with Crippen molar-refractivity contribution in [2.45, 2.75) is 17.9 Å². The number of rotatable bonds is 7. The van der Waals surface area contributed by atoms with Crippen molar-refractivity contribution in [3.05, 3.63) is 138 Å². The second-order valence-corrected chi connectivity index (χ2v) is 11.7. The molecule has 1 aliphatic rings. The third kappa shape index (κ3) is 5.41. The lowest BCUT2D eigenvalue weighted by atomic mass is 9.93. The lowest BCUT2D eigenvalue weighted by Gasteiger charge is -2.26. The molecule has 0 aliphatic carbocycles. The van der Waals surface area contributed by atoms with Crippen LogP contribution in [0.15, 0.2) is 116 Å². The van der Waals surface area contributed by atoms with Crippen LogP contribution in [-0.2, 0) is 9.53 Å². The molecule has 5 aromatic rings. The number of esters is 1. The third-order valence-corrected chi connectivity index (χ3v) is 8.81. The van der Waals surface area contributed by atoms with Crippen molar-refractivity contribution in [1.29, 1.82) is 0 Å². The van der Waals surface area contributed by atoms with Crippen LogP contribution in [0.2, 0.25) is 5.02 Å². The summed E-state index contributed by atoms with van der Waals surface area (Å²) in [6.07, 6.45) is 3.72. The van der Waals surface area contributed by atoms with Crippen LogP contribution in [0.4, 0.5) is 0 Å². The van der Waals surface area contributed by atoms with Gasteiger partial charge >= 0.3 is 5.97 Å². The van der Waals surface area contributed by atoms with E-state index in [4.69, 9.17) is 25.7 Å². The number of furan rings is 1. The highest BCUT2D eigenvalue weighted by Gasteiger charge is 2.35. The summed E-state index contributed by atoms with van der Waals surface area (Å²) in [6.45, 7) is 1.96. The Hall–Kier alpha value is -4.11. The van der Waals surface area contributed by atoms with Gasteiger partial charge in [0.25, 0.3) is 5.56 Å². The number of carbonyl (C=O) groups excluding carboxylic acids is 1. The third-order valence-electron chi connectivity index (χ3n) is 6.83. The lowest BCUT2D eigenvalue weighted by Crippen LogP contribution is -2.40. The first kappa shape index (κ1) is 28.0. The van der Waals surface area contributed by atoms with E-state index >= 15 is 0 Å². The molecule has 0 unspecified atom stereocenters. The lowest BCUT2D eigenvalue weighted by molar-refractivity contribution is -0.138. The number of carbonyl (C=O) groups is 1. The summed E-state index contributed by atoms with van der Waals surface area (Å²) >= 11 is 8.91. The predicted octanol–water partition coefficient (Wildman–Crippen LogP) is 6.57. The molecule has 9 heteroatoms. The minimum Gasteiger partial charge on any atom is -0.463 e. The van der Waals surface area contributed by atoms with Gasteiger partial charge in [0, 0.05) is 27.1 Å². The number of halogens is 1. The Morgan fingerprint density at radius 3 is 2.45 bits per heavy atom. The van der Waals surface area contributed by atoms with E-state index in [0.717, 1.165) is 21.6 Å². The normalized spacial score (nSPS) is 14.9. The smallest absolute Gasteiger partial charge is 0.338 e. The second-order valence-electron chi connectivity index (χ2n) is 9.41. The standard InChI is InChI=1S/C33H25ClN2O4S2/c1-3-39-32(38)28-29(21-7-5-4-6-8-21)35-33-36(30(28)22-11-16-25(41-2)17-12-22)31(37)27(42-33)19-24-15-18-26(40-24)20-9-13-23(34)14-10-20/h4-19,30H,3H2,1-2H3/b27-19-/t30-/m0/s1. The molecule has 0 N–H and O–H groups in total. The average molecular weight is 613 g/mol. The second kappa shape index (κ2) is 12.0. The number of benzene rings is 3. The zero-order chi connectivity index (χ0) is 29.2. The number of hydrogen-bond acceptors (Lipinski definition) is 7. The maximum Gasteiger partial charge on any atom is 0.338 e. The van der Waals surface area contributed by atoms with E-state index < -0.39 is 12.0 Å². The number of hydrogen-bond donors (Lipinski definition) is 0. The highest BCUT2D eigenvalue weighted by Crippen LogP contribution is 2.35. The molecule has 0 saturated carbocycles. The van der Waals surface area contributed by atoms with Gasteiger partial charge in [0.2, 0.25) is 0 Å². The molecular weight excluding hydrogens is 588 g/mol. The largest absolute Gasteiger partial charge is 0.463 e. The number of nitrogens with zero attached hydrogens (tertiary/aromatic N) is 2. The van der Waals surface area contributed by atoms with E-state index in [-0.39, 0.29) is 12.2 Å². The monoisotopic (exact) mass is 612 g/mol. The Labute approximate surface area is 255 Å². The average Bonchev–Trinajstić information content (AvgIpc) is 3.61. The zero-order valence-electron chi connectivity index (χ0n) is 22.7. The summed E-state index contributed by atoms with van der Waals surface area (Å²) in [4.78, 5) is 34.1. The van der Waals surface area contributed by atoms with Crippen LogP contribution >= 0.6 is 34.7 Å². The minimum absolute atomic E-state index is 0.196. The molecule has 42 heavy (non-hydrogen) atoms. The van der Waals surface area contributed by atoms with Crippen molar-refractivity contribution >= 4 is 52.4 Å². The van der Waals surface area contributed by atoms with E-state index in [1.807, 2.05) is 85.1 Å². The van der Waals surface area contributed by atoms with Gasteiger partial charge in [0.1, 0.15) is 11.5 Å². The molecule has 0 amide bonds. The maximum atomic E-state index is 14.1. The summed E-state index contributed by atoms with van der Waals surface area (Å²) < 4.78 is 13.6. The maximum absolute atomic E-state index is 14.1. The molecular formula is C33H25ClN2O4S2. The fraction of sp³-hybridized carbons (Fsp3) is 0.121. The Bertz CT molecular complexity index is 1970. The SMILES string of the molecule is CCOC(=O)C1=C(c2ccccc2)N=c2s/c(=C\c3ccc(-c4ccc(Cl)cc4)o3)c(=O)n2[C@H]1c1ccc(SC)cc1. The van der Waals surface area contributed by atoms with Crippen LogP contribution in [0, 0.1) is 0 Å². The number of fused-ring (bicyclic) bond motifs is 1. The molecule has 6 rings (SSSR count). The summed E-state index contributed by atoms with van der Waals surface area (Å²) in [6, 6.07) is 27.7. The van der Waals surface area contributed by atoms with E-state index in [1.54, 1.807) is 41.5 Å². The molecule has 1 atom stereocenters. The van der Waals surface area contributed by atoms with Gasteiger partial charge in [-0.15, -0.1) is 11.8 Å². The van der Waals surface area contributed by atoms with E-state index in [9.17, 15) is 9.59 Å². The van der Waals surface area contributed by atoms with Crippen molar-refractivity contribution < 1.29 is 13.9 Å². The Morgan fingerprint density at radius 2 is 1.76 bits per heavy atom. The first-order chi connectivity index (χ1) is 20.5. The van der Waals surface area contributed by atoms with Crippen molar-refractivity contribution in [3.63, 3.8) is 0 Å². The summed E-state index contributed by atoms with van der Waals surface area (Å²) in [5, 5.41) is 0.640. The molecule has 0 bridgehead atoms. The Kier molecular flexibility index (Phi) is 8.02. The quantitative estimate of drug-likeness (QED) is 0.154. The number of aromatic nitrogens is 1. The first-order valence-corrected chi connectivity index (χ1v) is 15.7. The van der Waals surface area contributed by atoms with Crippen LogP contribution < -0.4 is 14.9 Å². The minimum atomic E-state index is -0.727.